The number of hydrogen-bond acceptors (Lipinski definition) is 1. The molecule has 14 heavy (non-hydrogen) atoms. The Balaban J connectivity index is 3.06. The molecular weight excluding hydrogens is 191 g/mol. The fourth-order valence-electron chi connectivity index (χ4n) is 1.11. The number of nitrogens with one attached hydrogen (secondary N) is 1. The molecule has 1 rings (SSSR count). The Morgan fingerprint density at radius 1 is 1.36 bits per heavy atom. The van der Waals surface area contributed by atoms with E-state index in [0.29, 0.717) is 11.3 Å². The molecule has 0 aliphatic rings. The van der Waals surface area contributed by atoms with Crippen LogP contribution in [-0.2, 0) is 6.18 Å². The second-order valence-corrected chi connectivity index (χ2v) is 2.88. The minimum absolute atomic E-state index is 0.541. The number of anilines is 1. The van der Waals surface area contributed by atoms with Crippen molar-refractivity contribution < 1.29 is 13.2 Å². The molecule has 76 valence electrons. The zero-order valence-electron chi connectivity index (χ0n) is 7.65. The van der Waals surface area contributed by atoms with Gasteiger partial charge in [0, 0.05) is 5.69 Å². The number of rotatable bonds is 2. The Morgan fingerprint density at radius 2 is 2.00 bits per heavy atom. The molecular formula is C10H10F3N. The third kappa shape index (κ3) is 2.28. The van der Waals surface area contributed by atoms with E-state index < -0.39 is 11.7 Å². The summed E-state index contributed by atoms with van der Waals surface area (Å²) >= 11 is 0. The van der Waals surface area contributed by atoms with Crippen LogP contribution in [0.1, 0.15) is 11.1 Å². The lowest BCUT2D eigenvalue weighted by atomic mass is 10.1. The van der Waals surface area contributed by atoms with Crippen molar-refractivity contribution in [2.24, 2.45) is 0 Å². The molecule has 0 heterocycles. The third-order valence-corrected chi connectivity index (χ3v) is 1.81. The average Bonchev–Trinajstić information content (AvgIpc) is 2.07. The molecule has 0 spiro atoms. The fourth-order valence-corrected chi connectivity index (χ4v) is 1.11. The van der Waals surface area contributed by atoms with Crippen LogP contribution >= 0.6 is 0 Å². The molecule has 0 aliphatic carbocycles. The van der Waals surface area contributed by atoms with E-state index in [0.717, 1.165) is 12.1 Å². The van der Waals surface area contributed by atoms with Gasteiger partial charge in [-0.1, -0.05) is 6.58 Å². The predicted molar refractivity (Wildman–Crippen MR) is 50.0 cm³/mol. The standard InChI is InChI=1S/C10H10F3N/c1-3-14-9-5-4-8(6-7(9)2)10(11,12)13/h3-6,14H,1H2,2H3. The largest absolute Gasteiger partial charge is 0.416 e. The first kappa shape index (κ1) is 10.6. The number of alkyl halides is 3. The topological polar surface area (TPSA) is 12.0 Å². The highest BCUT2D eigenvalue weighted by atomic mass is 19.4. The van der Waals surface area contributed by atoms with Crippen LogP contribution in [0.5, 0.6) is 0 Å². The smallest absolute Gasteiger partial charge is 0.362 e. The third-order valence-electron chi connectivity index (χ3n) is 1.81. The summed E-state index contributed by atoms with van der Waals surface area (Å²) in [5.41, 5.74) is 0.539. The minimum Gasteiger partial charge on any atom is -0.362 e. The lowest BCUT2D eigenvalue weighted by Gasteiger charge is -2.10. The van der Waals surface area contributed by atoms with Crippen molar-refractivity contribution in [2.75, 3.05) is 5.32 Å². The van der Waals surface area contributed by atoms with E-state index in [2.05, 4.69) is 11.9 Å². The van der Waals surface area contributed by atoms with Crippen molar-refractivity contribution in [1.29, 1.82) is 0 Å². The van der Waals surface area contributed by atoms with Gasteiger partial charge in [0.25, 0.3) is 0 Å². The van der Waals surface area contributed by atoms with Crippen LogP contribution in [0.25, 0.3) is 0 Å². The van der Waals surface area contributed by atoms with Crippen LogP contribution in [0.15, 0.2) is 31.0 Å². The van der Waals surface area contributed by atoms with Gasteiger partial charge in [-0.15, -0.1) is 0 Å². The lowest BCUT2D eigenvalue weighted by molar-refractivity contribution is -0.137. The molecule has 0 atom stereocenters. The van der Waals surface area contributed by atoms with Gasteiger partial charge in [0.15, 0.2) is 0 Å². The van der Waals surface area contributed by atoms with E-state index >= 15 is 0 Å². The highest BCUT2D eigenvalue weighted by Crippen LogP contribution is 2.31. The predicted octanol–water partition coefficient (Wildman–Crippen LogP) is 3.57. The van der Waals surface area contributed by atoms with Crippen LogP contribution < -0.4 is 5.32 Å². The SMILES string of the molecule is C=CNc1ccc(C(F)(F)F)cc1C. The molecule has 1 aromatic carbocycles. The van der Waals surface area contributed by atoms with E-state index in [1.165, 1.54) is 12.3 Å². The van der Waals surface area contributed by atoms with Crippen molar-refractivity contribution in [2.45, 2.75) is 13.1 Å². The van der Waals surface area contributed by atoms with Crippen LogP contribution in [-0.4, -0.2) is 0 Å². The maximum atomic E-state index is 12.2. The van der Waals surface area contributed by atoms with E-state index in [1.807, 2.05) is 0 Å². The maximum Gasteiger partial charge on any atom is 0.416 e. The molecule has 0 aliphatic heterocycles. The molecule has 0 bridgehead atoms. The molecule has 0 aromatic heterocycles. The first-order valence-corrected chi connectivity index (χ1v) is 4.00. The lowest BCUT2D eigenvalue weighted by Crippen LogP contribution is -2.05. The highest BCUT2D eigenvalue weighted by molar-refractivity contribution is 5.53. The summed E-state index contributed by atoms with van der Waals surface area (Å²) in [6.07, 6.45) is -2.85. The molecule has 0 radical (unpaired) electrons. The Bertz CT molecular complexity index is 342. The molecule has 0 saturated heterocycles. The quantitative estimate of drug-likeness (QED) is 0.771. The van der Waals surface area contributed by atoms with Gasteiger partial charge in [-0.25, -0.2) is 0 Å². The van der Waals surface area contributed by atoms with Crippen LogP contribution in [0.3, 0.4) is 0 Å². The summed E-state index contributed by atoms with van der Waals surface area (Å²) in [5, 5.41) is 2.75. The van der Waals surface area contributed by atoms with Crippen LogP contribution in [0, 0.1) is 6.92 Å². The first-order valence-electron chi connectivity index (χ1n) is 4.00. The van der Waals surface area contributed by atoms with Crippen LogP contribution in [0.4, 0.5) is 18.9 Å². The highest BCUT2D eigenvalue weighted by Gasteiger charge is 2.30. The molecule has 1 N–H and O–H groups in total. The summed E-state index contributed by atoms with van der Waals surface area (Å²) in [7, 11) is 0. The van der Waals surface area contributed by atoms with Crippen LogP contribution in [0.2, 0.25) is 0 Å². The summed E-state index contributed by atoms with van der Waals surface area (Å²) in [5.74, 6) is 0. The van der Waals surface area contributed by atoms with E-state index in [9.17, 15) is 13.2 Å². The Labute approximate surface area is 80.2 Å². The molecule has 1 nitrogen and oxygen atoms in total. The number of benzene rings is 1. The van der Waals surface area contributed by atoms with E-state index in [1.54, 1.807) is 6.92 Å². The van der Waals surface area contributed by atoms with Crippen molar-refractivity contribution in [1.82, 2.24) is 0 Å². The van der Waals surface area contributed by atoms with Crippen molar-refractivity contribution in [3.8, 4) is 0 Å². The molecule has 0 amide bonds. The van der Waals surface area contributed by atoms with Gasteiger partial charge < -0.3 is 5.32 Å². The van der Waals surface area contributed by atoms with Gasteiger partial charge in [0.2, 0.25) is 0 Å². The van der Waals surface area contributed by atoms with Gasteiger partial charge in [-0.05, 0) is 36.9 Å². The van der Waals surface area contributed by atoms with Gasteiger partial charge in [0.1, 0.15) is 0 Å². The average molecular weight is 201 g/mol. The molecule has 4 heteroatoms. The van der Waals surface area contributed by atoms with Crippen molar-refractivity contribution in [3.63, 3.8) is 0 Å². The Morgan fingerprint density at radius 3 is 2.43 bits per heavy atom. The van der Waals surface area contributed by atoms with Crippen molar-refractivity contribution in [3.05, 3.63) is 42.1 Å². The second kappa shape index (κ2) is 3.74. The van der Waals surface area contributed by atoms with E-state index in [4.69, 9.17) is 0 Å². The monoisotopic (exact) mass is 201 g/mol. The number of hydrogen-bond donors (Lipinski definition) is 1. The summed E-state index contributed by atoms with van der Waals surface area (Å²) in [6.45, 7) is 5.05. The zero-order valence-corrected chi connectivity index (χ0v) is 7.65. The zero-order chi connectivity index (χ0) is 10.8. The van der Waals surface area contributed by atoms with Gasteiger partial charge >= 0.3 is 6.18 Å². The van der Waals surface area contributed by atoms with Crippen molar-refractivity contribution >= 4 is 5.69 Å². The fraction of sp³-hybridized carbons (Fsp3) is 0.200. The normalized spacial score (nSPS) is 11.1. The first-order chi connectivity index (χ1) is 6.45. The summed E-state index contributed by atoms with van der Waals surface area (Å²) in [6, 6.07) is 3.53. The Kier molecular flexibility index (Phi) is 2.84. The maximum absolute atomic E-state index is 12.2. The summed E-state index contributed by atoms with van der Waals surface area (Å²) < 4.78 is 36.7. The Hall–Kier alpha value is -1.45. The summed E-state index contributed by atoms with van der Waals surface area (Å²) in [4.78, 5) is 0. The van der Waals surface area contributed by atoms with Gasteiger partial charge in [-0.3, -0.25) is 0 Å². The van der Waals surface area contributed by atoms with Gasteiger partial charge in [-0.2, -0.15) is 13.2 Å². The minimum atomic E-state index is -4.28. The second-order valence-electron chi connectivity index (χ2n) is 2.88. The molecule has 0 saturated carbocycles. The molecule has 0 unspecified atom stereocenters. The number of halogens is 3. The van der Waals surface area contributed by atoms with Gasteiger partial charge in [0.05, 0.1) is 5.56 Å². The number of aryl methyl sites for hydroxylation is 1. The van der Waals surface area contributed by atoms with E-state index in [-0.39, 0.29) is 0 Å². The molecule has 1 aromatic rings. The molecule has 0 fully saturated rings.